The van der Waals surface area contributed by atoms with Gasteiger partial charge in [0.2, 0.25) is 5.91 Å². The van der Waals surface area contributed by atoms with Gasteiger partial charge in [0.15, 0.2) is 0 Å². The molecule has 2 amide bonds. The van der Waals surface area contributed by atoms with Crippen LogP contribution in [0.3, 0.4) is 0 Å². The fourth-order valence-electron chi connectivity index (χ4n) is 5.02. The molecule has 6 nitrogen and oxygen atoms in total. The Labute approximate surface area is 195 Å². The highest BCUT2D eigenvalue weighted by Crippen LogP contribution is 2.29. The minimum Gasteiger partial charge on any atom is -0.331 e. The van der Waals surface area contributed by atoms with E-state index in [4.69, 9.17) is 11.0 Å². The van der Waals surface area contributed by atoms with E-state index in [0.29, 0.717) is 17.7 Å². The maximum Gasteiger partial charge on any atom is 0.254 e. The molecule has 2 saturated carbocycles. The van der Waals surface area contributed by atoms with Crippen molar-refractivity contribution in [2.75, 3.05) is 5.32 Å². The van der Waals surface area contributed by atoms with Crippen molar-refractivity contribution in [3.05, 3.63) is 65.2 Å². The summed E-state index contributed by atoms with van der Waals surface area (Å²) in [5.74, 6) is 0.0970. The number of anilines is 1. The summed E-state index contributed by atoms with van der Waals surface area (Å²) in [6, 6.07) is 16.9. The Morgan fingerprint density at radius 2 is 1.64 bits per heavy atom. The van der Waals surface area contributed by atoms with Crippen molar-refractivity contribution in [1.29, 1.82) is 5.26 Å². The first-order chi connectivity index (χ1) is 16.0. The Balaban J connectivity index is 1.58. The van der Waals surface area contributed by atoms with Gasteiger partial charge in [-0.15, -0.1) is 0 Å². The Hall–Kier alpha value is -3.17. The molecule has 0 heterocycles. The van der Waals surface area contributed by atoms with Crippen molar-refractivity contribution >= 4 is 17.5 Å². The lowest BCUT2D eigenvalue weighted by Gasteiger charge is -2.36. The lowest BCUT2D eigenvalue weighted by Crippen LogP contribution is -2.44. The van der Waals surface area contributed by atoms with Crippen LogP contribution in [0.4, 0.5) is 5.69 Å². The number of nitriles is 1. The predicted molar refractivity (Wildman–Crippen MR) is 128 cm³/mol. The molecule has 2 aliphatic rings. The van der Waals surface area contributed by atoms with Crippen LogP contribution in [0.2, 0.25) is 0 Å². The molecule has 0 aromatic heterocycles. The van der Waals surface area contributed by atoms with E-state index in [1.165, 1.54) is 0 Å². The van der Waals surface area contributed by atoms with Gasteiger partial charge in [-0.1, -0.05) is 31.0 Å². The monoisotopic (exact) mass is 444 g/mol. The van der Waals surface area contributed by atoms with Gasteiger partial charge in [-0.25, -0.2) is 0 Å². The second kappa shape index (κ2) is 10.6. The van der Waals surface area contributed by atoms with E-state index in [-0.39, 0.29) is 29.8 Å². The zero-order valence-corrected chi connectivity index (χ0v) is 19.0. The van der Waals surface area contributed by atoms with Gasteiger partial charge in [0.25, 0.3) is 5.91 Å². The van der Waals surface area contributed by atoms with E-state index in [9.17, 15) is 9.59 Å². The number of hydrogen-bond donors (Lipinski definition) is 2. The number of carbonyl (C=O) groups is 2. The molecule has 2 aromatic carbocycles. The molecule has 4 rings (SSSR count). The summed E-state index contributed by atoms with van der Waals surface area (Å²) in [4.78, 5) is 28.3. The van der Waals surface area contributed by atoms with E-state index in [2.05, 4.69) is 11.4 Å². The highest BCUT2D eigenvalue weighted by molar-refractivity contribution is 5.95. The van der Waals surface area contributed by atoms with Crippen LogP contribution < -0.4 is 11.1 Å². The molecule has 0 atom stereocenters. The minimum absolute atomic E-state index is 0.0584. The van der Waals surface area contributed by atoms with Gasteiger partial charge in [0, 0.05) is 35.8 Å². The first kappa shape index (κ1) is 23.0. The van der Waals surface area contributed by atoms with Crippen LogP contribution in [0.1, 0.15) is 72.9 Å². The minimum atomic E-state index is -0.0584. The first-order valence-corrected chi connectivity index (χ1v) is 12.0. The Morgan fingerprint density at radius 1 is 0.970 bits per heavy atom. The molecular weight excluding hydrogens is 412 g/mol. The summed E-state index contributed by atoms with van der Waals surface area (Å²) in [5.41, 5.74) is 8.93. The van der Waals surface area contributed by atoms with Crippen molar-refractivity contribution in [3.8, 4) is 6.07 Å². The summed E-state index contributed by atoms with van der Waals surface area (Å²) in [5, 5.41) is 12.2. The number of nitrogens with two attached hydrogens (primary N) is 1. The molecular formula is C27H32N4O2. The van der Waals surface area contributed by atoms with E-state index in [0.717, 1.165) is 62.6 Å². The van der Waals surface area contributed by atoms with Crippen molar-refractivity contribution in [3.63, 3.8) is 0 Å². The third kappa shape index (κ3) is 5.61. The molecule has 0 spiro atoms. The highest BCUT2D eigenvalue weighted by Gasteiger charge is 2.30. The molecule has 0 bridgehead atoms. The average Bonchev–Trinajstić information content (AvgIpc) is 3.39. The van der Waals surface area contributed by atoms with Crippen molar-refractivity contribution in [2.45, 2.75) is 70.0 Å². The third-order valence-electron chi connectivity index (χ3n) is 7.05. The molecule has 33 heavy (non-hydrogen) atoms. The van der Waals surface area contributed by atoms with Gasteiger partial charge in [0.1, 0.15) is 0 Å². The second-order valence-electron chi connectivity index (χ2n) is 9.32. The SMILES string of the molecule is N#Cc1ccc(C(=O)N(Cc2ccccc2NC(=O)C2CCCC2)C2CCC(N)CC2)cc1. The quantitative estimate of drug-likeness (QED) is 0.680. The number of rotatable bonds is 6. The normalized spacial score (nSPS) is 20.7. The van der Waals surface area contributed by atoms with Gasteiger partial charge >= 0.3 is 0 Å². The average molecular weight is 445 g/mol. The van der Waals surface area contributed by atoms with E-state index < -0.39 is 0 Å². The van der Waals surface area contributed by atoms with Gasteiger partial charge < -0.3 is 16.0 Å². The van der Waals surface area contributed by atoms with Gasteiger partial charge in [0.05, 0.1) is 11.6 Å². The predicted octanol–water partition coefficient (Wildman–Crippen LogP) is 4.60. The first-order valence-electron chi connectivity index (χ1n) is 12.0. The number of nitrogens with zero attached hydrogens (tertiary/aromatic N) is 2. The smallest absolute Gasteiger partial charge is 0.254 e. The van der Waals surface area contributed by atoms with Crippen molar-refractivity contribution in [1.82, 2.24) is 4.90 Å². The van der Waals surface area contributed by atoms with E-state index in [1.807, 2.05) is 29.2 Å². The lowest BCUT2D eigenvalue weighted by molar-refractivity contribution is -0.119. The maximum atomic E-state index is 13.6. The second-order valence-corrected chi connectivity index (χ2v) is 9.32. The van der Waals surface area contributed by atoms with Crippen molar-refractivity contribution in [2.24, 2.45) is 11.7 Å². The molecule has 0 unspecified atom stereocenters. The Bertz CT molecular complexity index is 1010. The molecule has 172 valence electrons. The number of amides is 2. The van der Waals surface area contributed by atoms with Crippen LogP contribution in [-0.4, -0.2) is 28.8 Å². The van der Waals surface area contributed by atoms with Gasteiger partial charge in [-0.3, -0.25) is 9.59 Å². The molecule has 2 aliphatic carbocycles. The van der Waals surface area contributed by atoms with Crippen LogP contribution >= 0.6 is 0 Å². The topological polar surface area (TPSA) is 99.2 Å². The zero-order valence-electron chi connectivity index (χ0n) is 19.0. The van der Waals surface area contributed by atoms with E-state index in [1.54, 1.807) is 24.3 Å². The van der Waals surface area contributed by atoms with Gasteiger partial charge in [-0.05, 0) is 74.4 Å². The summed E-state index contributed by atoms with van der Waals surface area (Å²) in [6.07, 6.45) is 7.61. The van der Waals surface area contributed by atoms with Crippen molar-refractivity contribution < 1.29 is 9.59 Å². The molecule has 0 aliphatic heterocycles. The van der Waals surface area contributed by atoms with Crippen LogP contribution in [0.5, 0.6) is 0 Å². The number of para-hydroxylation sites is 1. The third-order valence-corrected chi connectivity index (χ3v) is 7.05. The number of nitrogens with one attached hydrogen (secondary N) is 1. The fourth-order valence-corrected chi connectivity index (χ4v) is 5.02. The molecule has 2 fully saturated rings. The van der Waals surface area contributed by atoms with Crippen LogP contribution in [-0.2, 0) is 11.3 Å². The molecule has 0 radical (unpaired) electrons. The standard InChI is InChI=1S/C27H32N4O2/c28-17-19-9-11-21(12-10-19)27(33)31(24-15-13-23(29)14-16-24)18-22-7-3-4-8-25(22)30-26(32)20-5-1-2-6-20/h3-4,7-12,20,23-24H,1-2,5-6,13-16,18,29H2,(H,30,32). The number of hydrogen-bond acceptors (Lipinski definition) is 4. The largest absolute Gasteiger partial charge is 0.331 e. The summed E-state index contributed by atoms with van der Waals surface area (Å²) >= 11 is 0. The summed E-state index contributed by atoms with van der Waals surface area (Å²) < 4.78 is 0. The van der Waals surface area contributed by atoms with Gasteiger partial charge in [-0.2, -0.15) is 5.26 Å². The van der Waals surface area contributed by atoms with Crippen LogP contribution in [0.25, 0.3) is 0 Å². The highest BCUT2D eigenvalue weighted by atomic mass is 16.2. The number of benzene rings is 2. The number of carbonyl (C=O) groups excluding carboxylic acids is 2. The molecule has 3 N–H and O–H groups in total. The Morgan fingerprint density at radius 3 is 2.30 bits per heavy atom. The van der Waals surface area contributed by atoms with Crippen LogP contribution in [0.15, 0.2) is 48.5 Å². The Kier molecular flexibility index (Phi) is 7.41. The molecule has 2 aromatic rings. The fraction of sp³-hybridized carbons (Fsp3) is 0.444. The maximum absolute atomic E-state index is 13.6. The zero-order chi connectivity index (χ0) is 23.2. The molecule has 6 heteroatoms. The lowest BCUT2D eigenvalue weighted by atomic mass is 9.90. The van der Waals surface area contributed by atoms with Crippen LogP contribution in [0, 0.1) is 17.2 Å². The summed E-state index contributed by atoms with van der Waals surface area (Å²) in [6.45, 7) is 0.417. The summed E-state index contributed by atoms with van der Waals surface area (Å²) in [7, 11) is 0. The van der Waals surface area contributed by atoms with E-state index >= 15 is 0 Å². The molecule has 0 saturated heterocycles.